The maximum atomic E-state index is 9.99. The van der Waals surface area contributed by atoms with Crippen LogP contribution < -0.4 is 4.74 Å². The molecule has 0 radical (unpaired) electrons. The van der Waals surface area contributed by atoms with E-state index in [1.54, 1.807) is 0 Å². The Morgan fingerprint density at radius 2 is 1.78 bits per heavy atom. The van der Waals surface area contributed by atoms with Crippen LogP contribution in [0.4, 0.5) is 0 Å². The Morgan fingerprint density at radius 3 is 2.50 bits per heavy atom. The molecule has 3 nitrogen and oxygen atoms in total. The molecule has 0 aliphatic heterocycles. The van der Waals surface area contributed by atoms with Crippen molar-refractivity contribution in [3.63, 3.8) is 0 Å². The van der Waals surface area contributed by atoms with Crippen molar-refractivity contribution in [1.29, 1.82) is 0 Å². The summed E-state index contributed by atoms with van der Waals surface area (Å²) in [6, 6.07) is 7.77. The second-order valence-electron chi connectivity index (χ2n) is 4.98. The van der Waals surface area contributed by atoms with E-state index in [1.807, 2.05) is 24.3 Å². The van der Waals surface area contributed by atoms with Gasteiger partial charge in [-0.05, 0) is 43.4 Å². The summed E-state index contributed by atoms with van der Waals surface area (Å²) in [6.07, 6.45) is 5.44. The maximum absolute atomic E-state index is 9.99. The van der Waals surface area contributed by atoms with Crippen LogP contribution in [0.1, 0.15) is 37.7 Å². The maximum Gasteiger partial charge on any atom is 0.124 e. The van der Waals surface area contributed by atoms with E-state index in [2.05, 4.69) is 0 Å². The van der Waals surface area contributed by atoms with E-state index in [4.69, 9.17) is 9.84 Å². The van der Waals surface area contributed by atoms with Crippen LogP contribution in [-0.4, -0.2) is 29.0 Å². The first-order valence-electron chi connectivity index (χ1n) is 6.84. The third kappa shape index (κ3) is 3.72. The van der Waals surface area contributed by atoms with E-state index in [1.165, 1.54) is 6.42 Å². The van der Waals surface area contributed by atoms with E-state index in [9.17, 15) is 5.11 Å². The number of aliphatic hydroxyl groups excluding tert-OH is 2. The van der Waals surface area contributed by atoms with Gasteiger partial charge in [0.05, 0.1) is 6.10 Å². The molecule has 0 aromatic heterocycles. The van der Waals surface area contributed by atoms with Gasteiger partial charge in [-0.3, -0.25) is 0 Å². The Bertz CT molecular complexity index is 347. The highest BCUT2D eigenvalue weighted by Gasteiger charge is 2.23. The van der Waals surface area contributed by atoms with Gasteiger partial charge in [-0.2, -0.15) is 0 Å². The highest BCUT2D eigenvalue weighted by molar-refractivity contribution is 5.27. The molecular formula is C15H22O3. The summed E-state index contributed by atoms with van der Waals surface area (Å²) in [7, 11) is 0. The molecule has 3 heteroatoms. The third-order valence-corrected chi connectivity index (χ3v) is 3.53. The van der Waals surface area contributed by atoms with Gasteiger partial charge in [-0.25, -0.2) is 0 Å². The first-order chi connectivity index (χ1) is 8.79. The molecule has 1 saturated carbocycles. The van der Waals surface area contributed by atoms with Gasteiger partial charge < -0.3 is 14.9 Å². The van der Waals surface area contributed by atoms with E-state index < -0.39 is 0 Å². The van der Waals surface area contributed by atoms with Crippen molar-refractivity contribution in [1.82, 2.24) is 0 Å². The molecule has 2 rings (SSSR count). The molecule has 2 unspecified atom stereocenters. The summed E-state index contributed by atoms with van der Waals surface area (Å²) in [5, 5.41) is 18.8. The lowest BCUT2D eigenvalue weighted by Crippen LogP contribution is -2.30. The standard InChI is InChI=1S/C15H22O3/c16-11-10-12-6-8-13(9-7-12)18-15-5-3-1-2-4-14(15)17/h6-9,14-17H,1-5,10-11H2. The Labute approximate surface area is 108 Å². The molecule has 0 spiro atoms. The number of hydrogen-bond acceptors (Lipinski definition) is 3. The zero-order valence-electron chi connectivity index (χ0n) is 10.7. The predicted octanol–water partition coefficient (Wildman–Crippen LogP) is 2.29. The fourth-order valence-corrected chi connectivity index (χ4v) is 2.43. The molecule has 18 heavy (non-hydrogen) atoms. The quantitative estimate of drug-likeness (QED) is 0.806. The summed E-state index contributed by atoms with van der Waals surface area (Å²) < 4.78 is 5.87. The van der Waals surface area contributed by atoms with Crippen molar-refractivity contribution < 1.29 is 14.9 Å². The van der Waals surface area contributed by atoms with Gasteiger partial charge in [0.2, 0.25) is 0 Å². The summed E-state index contributed by atoms with van der Waals surface area (Å²) in [4.78, 5) is 0. The summed E-state index contributed by atoms with van der Waals surface area (Å²) >= 11 is 0. The largest absolute Gasteiger partial charge is 0.488 e. The third-order valence-electron chi connectivity index (χ3n) is 3.53. The molecular weight excluding hydrogens is 228 g/mol. The predicted molar refractivity (Wildman–Crippen MR) is 70.7 cm³/mol. The average Bonchev–Trinajstić information content (AvgIpc) is 2.58. The Kier molecular flexibility index (Phi) is 5.02. The van der Waals surface area contributed by atoms with Gasteiger partial charge in [0.15, 0.2) is 0 Å². The van der Waals surface area contributed by atoms with Gasteiger partial charge in [0, 0.05) is 6.61 Å². The number of aliphatic hydroxyl groups is 2. The SMILES string of the molecule is OCCc1ccc(OC2CCCCCC2O)cc1. The molecule has 0 heterocycles. The minimum absolute atomic E-state index is 0.0730. The topological polar surface area (TPSA) is 49.7 Å². The Hall–Kier alpha value is -1.06. The molecule has 0 saturated heterocycles. The molecule has 2 N–H and O–H groups in total. The van der Waals surface area contributed by atoms with Crippen LogP contribution in [0.15, 0.2) is 24.3 Å². The monoisotopic (exact) mass is 250 g/mol. The lowest BCUT2D eigenvalue weighted by molar-refractivity contribution is 0.0320. The van der Waals surface area contributed by atoms with Gasteiger partial charge in [-0.1, -0.05) is 25.0 Å². The first-order valence-corrected chi connectivity index (χ1v) is 6.84. The van der Waals surface area contributed by atoms with Crippen molar-refractivity contribution >= 4 is 0 Å². The van der Waals surface area contributed by atoms with E-state index >= 15 is 0 Å². The summed E-state index contributed by atoms with van der Waals surface area (Å²) in [6.45, 7) is 0.168. The van der Waals surface area contributed by atoms with Crippen LogP contribution in [0, 0.1) is 0 Å². The summed E-state index contributed by atoms with van der Waals surface area (Å²) in [5.41, 5.74) is 1.10. The molecule has 1 aliphatic carbocycles. The smallest absolute Gasteiger partial charge is 0.124 e. The zero-order chi connectivity index (χ0) is 12.8. The van der Waals surface area contributed by atoms with Crippen molar-refractivity contribution in [3.05, 3.63) is 29.8 Å². The van der Waals surface area contributed by atoms with Crippen molar-refractivity contribution in [2.75, 3.05) is 6.61 Å². The lowest BCUT2D eigenvalue weighted by Gasteiger charge is -2.22. The Balaban J connectivity index is 1.94. The van der Waals surface area contributed by atoms with Crippen LogP contribution in [0.3, 0.4) is 0 Å². The molecule has 0 bridgehead atoms. The number of benzene rings is 1. The normalized spacial score (nSPS) is 24.6. The van der Waals surface area contributed by atoms with Crippen LogP contribution in [0.25, 0.3) is 0 Å². The first kappa shape index (κ1) is 13.4. The van der Waals surface area contributed by atoms with Crippen LogP contribution in [0.2, 0.25) is 0 Å². The van der Waals surface area contributed by atoms with Gasteiger partial charge in [0.1, 0.15) is 11.9 Å². The molecule has 1 aromatic rings. The van der Waals surface area contributed by atoms with Crippen LogP contribution >= 0.6 is 0 Å². The molecule has 0 amide bonds. The van der Waals surface area contributed by atoms with Crippen LogP contribution in [0.5, 0.6) is 5.75 Å². The molecule has 100 valence electrons. The molecule has 2 atom stereocenters. The second kappa shape index (κ2) is 6.76. The van der Waals surface area contributed by atoms with Gasteiger partial charge in [-0.15, -0.1) is 0 Å². The second-order valence-corrected chi connectivity index (χ2v) is 4.98. The van der Waals surface area contributed by atoms with Gasteiger partial charge in [0.25, 0.3) is 0 Å². The zero-order valence-corrected chi connectivity index (χ0v) is 10.7. The van der Waals surface area contributed by atoms with Crippen molar-refractivity contribution in [3.8, 4) is 5.75 Å². The number of rotatable bonds is 4. The van der Waals surface area contributed by atoms with E-state index in [-0.39, 0.29) is 18.8 Å². The van der Waals surface area contributed by atoms with Crippen molar-refractivity contribution in [2.45, 2.75) is 50.7 Å². The van der Waals surface area contributed by atoms with Crippen molar-refractivity contribution in [2.24, 2.45) is 0 Å². The highest BCUT2D eigenvalue weighted by Crippen LogP contribution is 2.23. The fraction of sp³-hybridized carbons (Fsp3) is 0.600. The average molecular weight is 250 g/mol. The minimum Gasteiger partial charge on any atom is -0.488 e. The number of hydrogen-bond donors (Lipinski definition) is 2. The fourth-order valence-electron chi connectivity index (χ4n) is 2.43. The van der Waals surface area contributed by atoms with E-state index in [0.29, 0.717) is 6.42 Å². The van der Waals surface area contributed by atoms with Gasteiger partial charge >= 0.3 is 0 Å². The highest BCUT2D eigenvalue weighted by atomic mass is 16.5. The number of ether oxygens (including phenoxy) is 1. The van der Waals surface area contributed by atoms with Crippen LogP contribution in [-0.2, 0) is 6.42 Å². The summed E-state index contributed by atoms with van der Waals surface area (Å²) in [5.74, 6) is 0.808. The van der Waals surface area contributed by atoms with E-state index in [0.717, 1.165) is 37.0 Å². The molecule has 1 fully saturated rings. The minimum atomic E-state index is -0.343. The Morgan fingerprint density at radius 1 is 1.06 bits per heavy atom. The molecule has 1 aromatic carbocycles. The molecule has 1 aliphatic rings. The lowest BCUT2D eigenvalue weighted by atomic mass is 10.1.